The maximum atomic E-state index is 3.66. The van der Waals surface area contributed by atoms with Gasteiger partial charge < -0.3 is 0 Å². The van der Waals surface area contributed by atoms with Gasteiger partial charge in [0.15, 0.2) is 4.90 Å². The highest BCUT2D eigenvalue weighted by Crippen LogP contribution is 2.46. The van der Waals surface area contributed by atoms with Gasteiger partial charge in [0.2, 0.25) is 0 Å². The van der Waals surface area contributed by atoms with Crippen LogP contribution in [-0.4, -0.2) is 0 Å². The molecule has 2 unspecified atom stereocenters. The number of aryl methyl sites for hydroxylation is 1. The molecule has 2 aliphatic carbocycles. The molecule has 26 heavy (non-hydrogen) atoms. The Hall–Kier alpha value is -0.770. The van der Waals surface area contributed by atoms with Gasteiger partial charge in [-0.1, -0.05) is 56.5 Å². The monoisotopic (exact) mass is 489 g/mol. The van der Waals surface area contributed by atoms with Gasteiger partial charge in [0.05, 0.1) is 0 Å². The van der Waals surface area contributed by atoms with Crippen molar-refractivity contribution in [3.05, 3.63) is 73.5 Å². The van der Waals surface area contributed by atoms with Crippen LogP contribution in [0.5, 0.6) is 0 Å². The van der Waals surface area contributed by atoms with E-state index in [4.69, 9.17) is 0 Å². The van der Waals surface area contributed by atoms with Crippen LogP contribution in [0.1, 0.15) is 31.7 Å². The summed E-state index contributed by atoms with van der Waals surface area (Å²) in [6, 6.07) is 13.2. The number of rotatable bonds is 4. The molecule has 134 valence electrons. The number of allylic oxidation sites excluding steroid dienone is 4. The summed E-state index contributed by atoms with van der Waals surface area (Å²) in [6.45, 7) is 4.56. The Bertz CT molecular complexity index is 910. The van der Waals surface area contributed by atoms with Crippen molar-refractivity contribution in [1.29, 1.82) is 0 Å². The summed E-state index contributed by atoms with van der Waals surface area (Å²) < 4.78 is 2.26. The van der Waals surface area contributed by atoms with E-state index in [1.54, 1.807) is 5.57 Å². The highest BCUT2D eigenvalue weighted by atomic mass is 79.9. The van der Waals surface area contributed by atoms with E-state index in [1.165, 1.54) is 57.5 Å². The molecule has 0 heterocycles. The molecule has 0 radical (unpaired) electrons. The second kappa shape index (κ2) is 7.69. The molecule has 1 saturated carbocycles. The average Bonchev–Trinajstić information content (AvgIpc) is 3.36. The van der Waals surface area contributed by atoms with Gasteiger partial charge >= 0.3 is 0 Å². The Labute approximate surface area is 177 Å². The first-order valence-electron chi connectivity index (χ1n) is 9.18. The molecule has 0 amide bonds. The molecular formula is C23H23Br2S+. The fourth-order valence-corrected chi connectivity index (χ4v) is 5.60. The maximum absolute atomic E-state index is 3.66. The van der Waals surface area contributed by atoms with E-state index in [0.717, 1.165) is 20.8 Å². The summed E-state index contributed by atoms with van der Waals surface area (Å²) in [4.78, 5) is 2.91. The van der Waals surface area contributed by atoms with Gasteiger partial charge in [0, 0.05) is 32.7 Å². The normalized spacial score (nSPS) is 22.0. The predicted octanol–water partition coefficient (Wildman–Crippen LogP) is 7.62. The lowest BCUT2D eigenvalue weighted by Crippen LogP contribution is -2.00. The summed E-state index contributed by atoms with van der Waals surface area (Å²) in [5, 5.41) is 0. The van der Waals surface area contributed by atoms with Gasteiger partial charge in [0.1, 0.15) is 4.91 Å². The first-order chi connectivity index (χ1) is 12.5. The molecule has 4 rings (SSSR count). The Morgan fingerprint density at radius 1 is 0.923 bits per heavy atom. The van der Waals surface area contributed by atoms with E-state index in [9.17, 15) is 0 Å². The molecule has 2 atom stereocenters. The van der Waals surface area contributed by atoms with Crippen molar-refractivity contribution >= 4 is 43.6 Å². The Balaban J connectivity index is 1.64. The van der Waals surface area contributed by atoms with Crippen LogP contribution in [0.3, 0.4) is 0 Å². The van der Waals surface area contributed by atoms with Crippen molar-refractivity contribution < 1.29 is 0 Å². The Kier molecular flexibility index (Phi) is 5.50. The summed E-state index contributed by atoms with van der Waals surface area (Å²) in [7, 11) is 0. The van der Waals surface area contributed by atoms with Crippen LogP contribution in [0.2, 0.25) is 0 Å². The molecule has 0 aromatic heterocycles. The summed E-state index contributed by atoms with van der Waals surface area (Å²) >= 11 is 8.63. The molecular weight excluding hydrogens is 468 g/mol. The van der Waals surface area contributed by atoms with Crippen molar-refractivity contribution in [1.82, 2.24) is 0 Å². The quantitative estimate of drug-likeness (QED) is 0.305. The largest absolute Gasteiger partial charge is 0.165 e. The third-order valence-electron chi connectivity index (χ3n) is 5.46. The number of thiol groups is 1. The second-order valence-corrected chi connectivity index (χ2v) is 10.6. The van der Waals surface area contributed by atoms with E-state index in [-0.39, 0.29) is 0 Å². The number of hydrogen-bond donors (Lipinski definition) is 0. The molecule has 0 spiro atoms. The summed E-state index contributed by atoms with van der Waals surface area (Å²) in [5.41, 5.74) is 5.62. The second-order valence-electron chi connectivity index (χ2n) is 7.45. The highest BCUT2D eigenvalue weighted by Gasteiger charge is 2.36. The van der Waals surface area contributed by atoms with Crippen LogP contribution < -0.4 is 0 Å². The number of benzene rings is 2. The standard InChI is InChI=1S/C23H22Br2S/c1-14-3-6-17(24)12-21(14)22-13-18(25)7-10-23(22)26-19-8-4-16(5-9-19)20-11-15(20)2/h3-4,6-8,10,12-13,15,20H,5,9,11H2,1-2H3/p+1. The third kappa shape index (κ3) is 4.05. The van der Waals surface area contributed by atoms with E-state index in [2.05, 4.69) is 94.3 Å². The minimum Gasteiger partial charge on any atom is -0.0662 e. The maximum Gasteiger partial charge on any atom is 0.165 e. The zero-order chi connectivity index (χ0) is 18.3. The highest BCUT2D eigenvalue weighted by molar-refractivity contribution is 9.10. The van der Waals surface area contributed by atoms with Gasteiger partial charge in [-0.25, -0.2) is 0 Å². The van der Waals surface area contributed by atoms with Crippen LogP contribution in [0, 0.1) is 18.8 Å². The molecule has 0 N–H and O–H groups in total. The fraction of sp³-hybridized carbons (Fsp3) is 0.304. The smallest absolute Gasteiger partial charge is 0.0662 e. The SMILES string of the molecule is Cc1ccc(Br)cc1-c1cc(Br)ccc1[SH+]C1=CC=C(C2CC2C)CC1. The summed E-state index contributed by atoms with van der Waals surface area (Å²) in [5.74, 6) is 1.78. The molecule has 2 aromatic carbocycles. The fourth-order valence-electron chi connectivity index (χ4n) is 3.74. The predicted molar refractivity (Wildman–Crippen MR) is 122 cm³/mol. The molecule has 1 fully saturated rings. The molecule has 2 aliphatic rings. The minimum atomic E-state index is 0.872. The summed E-state index contributed by atoms with van der Waals surface area (Å²) in [6.07, 6.45) is 8.62. The zero-order valence-electron chi connectivity index (χ0n) is 15.1. The van der Waals surface area contributed by atoms with Crippen LogP contribution in [-0.2, 0) is 11.8 Å². The Morgan fingerprint density at radius 3 is 2.27 bits per heavy atom. The minimum absolute atomic E-state index is 0.872. The molecule has 0 aliphatic heterocycles. The number of halogens is 2. The molecule has 3 heteroatoms. The van der Waals surface area contributed by atoms with E-state index in [0.29, 0.717) is 0 Å². The molecule has 0 bridgehead atoms. The molecule has 0 saturated heterocycles. The van der Waals surface area contributed by atoms with Crippen molar-refractivity contribution in [3.63, 3.8) is 0 Å². The van der Waals surface area contributed by atoms with Crippen LogP contribution >= 0.6 is 31.9 Å². The number of hydrogen-bond acceptors (Lipinski definition) is 0. The van der Waals surface area contributed by atoms with Crippen molar-refractivity contribution in [2.45, 2.75) is 38.0 Å². The van der Waals surface area contributed by atoms with Gasteiger partial charge in [-0.15, -0.1) is 0 Å². The van der Waals surface area contributed by atoms with Crippen molar-refractivity contribution in [2.24, 2.45) is 11.8 Å². The van der Waals surface area contributed by atoms with Crippen LogP contribution in [0.4, 0.5) is 0 Å². The average molecular weight is 491 g/mol. The van der Waals surface area contributed by atoms with Crippen LogP contribution in [0.15, 0.2) is 72.9 Å². The van der Waals surface area contributed by atoms with Crippen LogP contribution in [0.25, 0.3) is 11.1 Å². The van der Waals surface area contributed by atoms with Gasteiger partial charge in [-0.05, 0) is 79.1 Å². The molecule has 0 nitrogen and oxygen atoms in total. The lowest BCUT2D eigenvalue weighted by molar-refractivity contribution is 0.783. The van der Waals surface area contributed by atoms with Gasteiger partial charge in [-0.2, -0.15) is 0 Å². The first-order valence-corrected chi connectivity index (χ1v) is 11.7. The topological polar surface area (TPSA) is 0 Å². The van der Waals surface area contributed by atoms with Gasteiger partial charge in [0.25, 0.3) is 0 Å². The van der Waals surface area contributed by atoms with E-state index >= 15 is 0 Å². The van der Waals surface area contributed by atoms with E-state index in [1.807, 2.05) is 0 Å². The lowest BCUT2D eigenvalue weighted by Gasteiger charge is -2.12. The van der Waals surface area contributed by atoms with Crippen molar-refractivity contribution in [3.8, 4) is 11.1 Å². The lowest BCUT2D eigenvalue weighted by atomic mass is 10.00. The first kappa shape index (κ1) is 18.6. The van der Waals surface area contributed by atoms with Gasteiger partial charge in [-0.3, -0.25) is 0 Å². The Morgan fingerprint density at radius 2 is 1.62 bits per heavy atom. The third-order valence-corrected chi connectivity index (χ3v) is 7.74. The van der Waals surface area contributed by atoms with E-state index < -0.39 is 0 Å². The zero-order valence-corrected chi connectivity index (χ0v) is 19.2. The van der Waals surface area contributed by atoms with Crippen molar-refractivity contribution in [2.75, 3.05) is 0 Å². The molecule has 2 aromatic rings.